The SMILES string of the molecule is CCC(Br)CCOCCC(Br)CC. The monoisotopic (exact) mass is 314 g/mol. The van der Waals surface area contributed by atoms with Crippen molar-refractivity contribution in [1.82, 2.24) is 0 Å². The lowest BCUT2D eigenvalue weighted by Gasteiger charge is -2.09. The molecule has 0 spiro atoms. The van der Waals surface area contributed by atoms with Gasteiger partial charge in [0, 0.05) is 22.9 Å². The van der Waals surface area contributed by atoms with Crippen LogP contribution >= 0.6 is 31.9 Å². The van der Waals surface area contributed by atoms with Crippen LogP contribution in [0.1, 0.15) is 39.5 Å². The zero-order valence-electron chi connectivity index (χ0n) is 8.56. The Hall–Kier alpha value is 0.920. The van der Waals surface area contributed by atoms with Gasteiger partial charge in [-0.3, -0.25) is 0 Å². The number of hydrogen-bond donors (Lipinski definition) is 0. The summed E-state index contributed by atoms with van der Waals surface area (Å²) < 4.78 is 5.52. The molecule has 0 heterocycles. The first-order valence-corrected chi connectivity index (χ1v) is 6.89. The van der Waals surface area contributed by atoms with Gasteiger partial charge < -0.3 is 4.74 Å². The minimum atomic E-state index is 0.624. The van der Waals surface area contributed by atoms with Crippen LogP contribution < -0.4 is 0 Å². The predicted octanol–water partition coefficient (Wildman–Crippen LogP) is 4.13. The molecule has 2 unspecified atom stereocenters. The maximum atomic E-state index is 5.52. The lowest BCUT2D eigenvalue weighted by molar-refractivity contribution is 0.129. The Labute approximate surface area is 98.9 Å². The molecule has 13 heavy (non-hydrogen) atoms. The third-order valence-electron chi connectivity index (χ3n) is 2.04. The van der Waals surface area contributed by atoms with Crippen LogP contribution in [0.5, 0.6) is 0 Å². The fraction of sp³-hybridized carbons (Fsp3) is 1.00. The Bertz CT molecular complexity index is 97.1. The highest BCUT2D eigenvalue weighted by Crippen LogP contribution is 2.11. The molecule has 0 N–H and O–H groups in total. The van der Waals surface area contributed by atoms with E-state index >= 15 is 0 Å². The molecule has 0 radical (unpaired) electrons. The van der Waals surface area contributed by atoms with Crippen molar-refractivity contribution >= 4 is 31.9 Å². The molecule has 0 saturated carbocycles. The maximum Gasteiger partial charge on any atom is 0.0476 e. The third-order valence-corrected chi connectivity index (χ3v) is 4.25. The Balaban J connectivity index is 3.08. The van der Waals surface area contributed by atoms with Crippen molar-refractivity contribution in [2.24, 2.45) is 0 Å². The fourth-order valence-corrected chi connectivity index (χ4v) is 1.31. The molecule has 0 aromatic heterocycles. The zero-order chi connectivity index (χ0) is 10.1. The van der Waals surface area contributed by atoms with Gasteiger partial charge in [0.2, 0.25) is 0 Å². The second-order valence-electron chi connectivity index (χ2n) is 3.20. The summed E-state index contributed by atoms with van der Waals surface area (Å²) in [4.78, 5) is 1.25. The van der Waals surface area contributed by atoms with E-state index in [1.807, 2.05) is 0 Å². The molecular weight excluding hydrogens is 296 g/mol. The number of alkyl halides is 2. The van der Waals surface area contributed by atoms with E-state index in [9.17, 15) is 0 Å². The van der Waals surface area contributed by atoms with E-state index in [-0.39, 0.29) is 0 Å². The van der Waals surface area contributed by atoms with Crippen molar-refractivity contribution in [1.29, 1.82) is 0 Å². The van der Waals surface area contributed by atoms with E-state index in [1.165, 1.54) is 12.8 Å². The van der Waals surface area contributed by atoms with Gasteiger partial charge in [-0.15, -0.1) is 0 Å². The van der Waals surface area contributed by atoms with Crippen LogP contribution in [0.15, 0.2) is 0 Å². The van der Waals surface area contributed by atoms with E-state index in [1.54, 1.807) is 0 Å². The van der Waals surface area contributed by atoms with Crippen molar-refractivity contribution in [3.63, 3.8) is 0 Å². The van der Waals surface area contributed by atoms with Crippen LogP contribution in [0.4, 0.5) is 0 Å². The quantitative estimate of drug-likeness (QED) is 0.483. The van der Waals surface area contributed by atoms with Gasteiger partial charge in [-0.2, -0.15) is 0 Å². The average Bonchev–Trinajstić information content (AvgIpc) is 2.16. The van der Waals surface area contributed by atoms with Gasteiger partial charge in [0.05, 0.1) is 0 Å². The van der Waals surface area contributed by atoms with Crippen molar-refractivity contribution in [2.75, 3.05) is 13.2 Å². The molecule has 3 heteroatoms. The van der Waals surface area contributed by atoms with Crippen LogP contribution in [0, 0.1) is 0 Å². The number of ether oxygens (including phenoxy) is 1. The van der Waals surface area contributed by atoms with E-state index in [2.05, 4.69) is 45.7 Å². The smallest absolute Gasteiger partial charge is 0.0476 e. The van der Waals surface area contributed by atoms with E-state index in [0.717, 1.165) is 26.1 Å². The molecule has 1 nitrogen and oxygen atoms in total. The van der Waals surface area contributed by atoms with Gasteiger partial charge in [-0.1, -0.05) is 45.7 Å². The number of halogens is 2. The van der Waals surface area contributed by atoms with Gasteiger partial charge in [-0.05, 0) is 25.7 Å². The summed E-state index contributed by atoms with van der Waals surface area (Å²) in [6, 6.07) is 0. The Morgan fingerprint density at radius 1 is 0.923 bits per heavy atom. The lowest BCUT2D eigenvalue weighted by atomic mass is 10.2. The summed E-state index contributed by atoms with van der Waals surface area (Å²) in [5.74, 6) is 0. The Kier molecular flexibility index (Phi) is 10.1. The van der Waals surface area contributed by atoms with Gasteiger partial charge >= 0.3 is 0 Å². The first-order chi connectivity index (χ1) is 6.20. The first-order valence-electron chi connectivity index (χ1n) is 5.06. The number of rotatable bonds is 8. The molecule has 0 aliphatic carbocycles. The van der Waals surface area contributed by atoms with E-state index in [0.29, 0.717) is 9.65 Å². The van der Waals surface area contributed by atoms with Gasteiger partial charge in [0.15, 0.2) is 0 Å². The molecule has 0 amide bonds. The number of hydrogen-bond acceptors (Lipinski definition) is 1. The van der Waals surface area contributed by atoms with Crippen molar-refractivity contribution in [2.45, 2.75) is 49.2 Å². The highest BCUT2D eigenvalue weighted by Gasteiger charge is 2.02. The molecule has 2 atom stereocenters. The molecule has 0 aliphatic rings. The van der Waals surface area contributed by atoms with Crippen molar-refractivity contribution < 1.29 is 4.74 Å². The summed E-state index contributed by atoms with van der Waals surface area (Å²) >= 11 is 7.16. The summed E-state index contributed by atoms with van der Waals surface area (Å²) in [6.45, 7) is 6.14. The standard InChI is InChI=1S/C10H20Br2O/c1-3-9(11)5-7-13-8-6-10(12)4-2/h9-10H,3-8H2,1-2H3. The Morgan fingerprint density at radius 3 is 1.62 bits per heavy atom. The molecule has 0 rings (SSSR count). The summed E-state index contributed by atoms with van der Waals surface area (Å²) in [6.07, 6.45) is 4.60. The normalized spacial score (nSPS) is 15.7. The second-order valence-corrected chi connectivity index (χ2v) is 5.79. The first kappa shape index (κ1) is 13.9. The molecule has 80 valence electrons. The van der Waals surface area contributed by atoms with E-state index < -0.39 is 0 Å². The van der Waals surface area contributed by atoms with E-state index in [4.69, 9.17) is 4.74 Å². The average molecular weight is 316 g/mol. The fourth-order valence-electron chi connectivity index (χ4n) is 0.933. The third kappa shape index (κ3) is 9.23. The van der Waals surface area contributed by atoms with Gasteiger partial charge in [0.1, 0.15) is 0 Å². The van der Waals surface area contributed by atoms with Crippen LogP contribution in [0.25, 0.3) is 0 Å². The topological polar surface area (TPSA) is 9.23 Å². The minimum absolute atomic E-state index is 0.624. The summed E-state index contributed by atoms with van der Waals surface area (Å²) in [7, 11) is 0. The van der Waals surface area contributed by atoms with Crippen LogP contribution in [0.2, 0.25) is 0 Å². The van der Waals surface area contributed by atoms with Gasteiger partial charge in [-0.25, -0.2) is 0 Å². The molecule has 0 aromatic rings. The molecular formula is C10H20Br2O. The highest BCUT2D eigenvalue weighted by atomic mass is 79.9. The summed E-state index contributed by atoms with van der Waals surface area (Å²) in [5.41, 5.74) is 0. The summed E-state index contributed by atoms with van der Waals surface area (Å²) in [5, 5.41) is 0. The van der Waals surface area contributed by atoms with Crippen molar-refractivity contribution in [3.8, 4) is 0 Å². The maximum absolute atomic E-state index is 5.52. The zero-order valence-corrected chi connectivity index (χ0v) is 11.7. The molecule has 0 aromatic carbocycles. The molecule has 0 fully saturated rings. The van der Waals surface area contributed by atoms with Gasteiger partial charge in [0.25, 0.3) is 0 Å². The highest BCUT2D eigenvalue weighted by molar-refractivity contribution is 9.09. The molecule has 0 aliphatic heterocycles. The lowest BCUT2D eigenvalue weighted by Crippen LogP contribution is -2.07. The van der Waals surface area contributed by atoms with Crippen LogP contribution in [0.3, 0.4) is 0 Å². The second kappa shape index (κ2) is 9.47. The molecule has 0 saturated heterocycles. The van der Waals surface area contributed by atoms with Crippen LogP contribution in [-0.2, 0) is 4.74 Å². The Morgan fingerprint density at radius 2 is 1.31 bits per heavy atom. The molecule has 0 bridgehead atoms. The van der Waals surface area contributed by atoms with Crippen molar-refractivity contribution in [3.05, 3.63) is 0 Å². The predicted molar refractivity (Wildman–Crippen MR) is 66.1 cm³/mol. The minimum Gasteiger partial charge on any atom is -0.381 e. The van der Waals surface area contributed by atoms with Crippen LogP contribution in [-0.4, -0.2) is 22.9 Å². The largest absolute Gasteiger partial charge is 0.381 e.